The zero-order valence-electron chi connectivity index (χ0n) is 43.7. The van der Waals surface area contributed by atoms with Crippen molar-refractivity contribution in [3.63, 3.8) is 0 Å². The fourth-order valence-corrected chi connectivity index (χ4v) is 10.5. The number of hydrogen-bond donors (Lipinski definition) is 3. The molecule has 17 nitrogen and oxygen atoms in total. The number of fused-ring (bicyclic) bond motifs is 8. The molecule has 25 heteroatoms. The van der Waals surface area contributed by atoms with E-state index < -0.39 is 41.1 Å². The van der Waals surface area contributed by atoms with Crippen molar-refractivity contribution in [3.8, 4) is 34.3 Å². The standard InChI is InChI=1S/C28H27ClF3N5O4.C16H13ClF3N3.C11H16N2O3/c1-27(2)40-15-20(41-27)14-39-23-11-18(6-8-33-23)34-26(38)37-19-7-9-36(13-19)22-12-21(29)24(35-25(22)37)16-4-3-5-17(10-16)28(30,31)32;17-12-7-13-15(21-11-4-5-23(13)8-11)22-14(12)9-2-1-3-10(6-9)16(18,19)20;1-11(2)15-7-9(16-11)6-14-10-5-8(12)3-4-13-10/h3-6,8,10-12,19-20H,7,9,13-15H2,1-2H3,(H,33,34,38);1-3,6-7,11H,4-5,8H2,(H,21,22);3-5,9H,6-7H2,1-2H3,(H2,12,13)/t19-,20-;11-;9-/m000/s1. The van der Waals surface area contributed by atoms with Crippen LogP contribution in [-0.4, -0.2) is 114 Å². The van der Waals surface area contributed by atoms with E-state index in [0.29, 0.717) is 102 Å². The SMILES string of the molecule is CC1(C)OC[C@H](COc2cc(N)ccn2)O1.CC1(C)OC[C@H](COc2cc(NC(=O)N3c4nc(-c5cccc(C(F)(F)F)c5)c(Cl)cc4N4CC[C@H]3C4)ccn2)O1.FC(F)(F)c1cccc(-c2nc3c(cc2Cl)N2CC[C@@H](C2)N3)c1. The maximum absolute atomic E-state index is 13.7. The van der Waals surface area contributed by atoms with Gasteiger partial charge in [-0.05, 0) is 89.1 Å². The number of aromatic nitrogens is 4. The number of carbonyl (C=O) groups is 1. The molecule has 424 valence electrons. The van der Waals surface area contributed by atoms with Crippen molar-refractivity contribution in [2.75, 3.05) is 83.7 Å². The number of nitrogens with one attached hydrogen (secondary N) is 2. The van der Waals surface area contributed by atoms with Gasteiger partial charge in [-0.25, -0.2) is 24.7 Å². The number of nitrogen functional groups attached to an aromatic ring is 1. The Labute approximate surface area is 466 Å². The van der Waals surface area contributed by atoms with Crippen LogP contribution in [-0.2, 0) is 31.3 Å². The maximum Gasteiger partial charge on any atom is 0.416 e. The summed E-state index contributed by atoms with van der Waals surface area (Å²) < 4.78 is 112. The molecular weight excluding hydrogens is 1100 g/mol. The third-order valence-electron chi connectivity index (χ3n) is 13.7. The number of pyridine rings is 4. The molecule has 6 aromatic rings. The van der Waals surface area contributed by atoms with E-state index in [-0.39, 0.29) is 41.1 Å². The second-order valence-electron chi connectivity index (χ2n) is 20.6. The van der Waals surface area contributed by atoms with E-state index in [2.05, 4.69) is 40.4 Å². The van der Waals surface area contributed by atoms with Crippen molar-refractivity contribution in [1.29, 1.82) is 0 Å². The van der Waals surface area contributed by atoms with Crippen molar-refractivity contribution in [3.05, 3.63) is 118 Å². The lowest BCUT2D eigenvalue weighted by molar-refractivity contribution is -0.142. The maximum atomic E-state index is 13.7. The third-order valence-corrected chi connectivity index (χ3v) is 14.3. The number of halogens is 8. The molecule has 0 saturated carbocycles. The molecule has 4 saturated heterocycles. The first-order valence-electron chi connectivity index (χ1n) is 25.6. The Balaban J connectivity index is 0.000000154. The van der Waals surface area contributed by atoms with Crippen LogP contribution >= 0.6 is 23.2 Å². The largest absolute Gasteiger partial charge is 0.475 e. The number of alkyl halides is 6. The predicted molar refractivity (Wildman–Crippen MR) is 289 cm³/mol. The van der Waals surface area contributed by atoms with Gasteiger partial charge in [0.05, 0.1) is 63.2 Å². The molecular formula is C55H56Cl2F6N10O7. The summed E-state index contributed by atoms with van der Waals surface area (Å²) in [5, 5.41) is 6.78. The molecule has 4 aromatic heterocycles. The van der Waals surface area contributed by atoms with Crippen LogP contribution in [0.4, 0.5) is 65.5 Å². The molecule has 4 atom stereocenters. The molecule has 2 aromatic carbocycles. The number of amides is 2. The monoisotopic (exact) mass is 1150 g/mol. The molecule has 0 radical (unpaired) electrons. The van der Waals surface area contributed by atoms with Crippen LogP contribution in [0, 0.1) is 0 Å². The summed E-state index contributed by atoms with van der Waals surface area (Å²) in [6.07, 6.45) is -4.36. The van der Waals surface area contributed by atoms with E-state index in [1.54, 1.807) is 53.6 Å². The molecule has 80 heavy (non-hydrogen) atoms. The first-order valence-corrected chi connectivity index (χ1v) is 26.4. The molecule has 0 unspecified atom stereocenters. The summed E-state index contributed by atoms with van der Waals surface area (Å²) in [5.41, 5.74) is 7.85. The lowest BCUT2D eigenvalue weighted by Crippen LogP contribution is -2.48. The second kappa shape index (κ2) is 22.6. The first kappa shape index (κ1) is 56.4. The molecule has 4 fully saturated rings. The Bertz CT molecular complexity index is 3250. The van der Waals surface area contributed by atoms with Gasteiger partial charge >= 0.3 is 18.4 Å². The average molecular weight is 1150 g/mol. The van der Waals surface area contributed by atoms with E-state index in [9.17, 15) is 31.1 Å². The van der Waals surface area contributed by atoms with E-state index in [1.165, 1.54) is 24.4 Å². The van der Waals surface area contributed by atoms with Gasteiger partial charge < -0.3 is 54.6 Å². The van der Waals surface area contributed by atoms with Gasteiger partial charge in [0.15, 0.2) is 23.2 Å². The van der Waals surface area contributed by atoms with Crippen LogP contribution in [0.5, 0.6) is 11.8 Å². The minimum atomic E-state index is -4.52. The Morgan fingerprint density at radius 1 is 0.725 bits per heavy atom. The average Bonchev–Trinajstić information content (AvgIpc) is 4.28. The lowest BCUT2D eigenvalue weighted by atomic mass is 10.1. The highest BCUT2D eigenvalue weighted by atomic mass is 35.5. The van der Waals surface area contributed by atoms with Gasteiger partial charge in [0.1, 0.15) is 25.4 Å². The van der Waals surface area contributed by atoms with Crippen LogP contribution in [0.1, 0.15) is 51.7 Å². The molecule has 12 rings (SSSR count). The van der Waals surface area contributed by atoms with Crippen LogP contribution in [0.15, 0.2) is 97.3 Å². The van der Waals surface area contributed by atoms with Crippen molar-refractivity contribution in [2.24, 2.45) is 0 Å². The fraction of sp³-hybridized carbons (Fsp3) is 0.400. The number of hydrogen-bond acceptors (Lipinski definition) is 15. The van der Waals surface area contributed by atoms with Gasteiger partial charge in [-0.2, -0.15) is 26.3 Å². The fourth-order valence-electron chi connectivity index (χ4n) is 9.99. The highest BCUT2D eigenvalue weighted by Gasteiger charge is 2.42. The molecule has 4 N–H and O–H groups in total. The van der Waals surface area contributed by atoms with E-state index in [0.717, 1.165) is 49.5 Å². The number of nitrogens with two attached hydrogens (primary N) is 1. The number of rotatable bonds is 9. The Hall–Kier alpha value is -6.89. The zero-order chi connectivity index (χ0) is 56.7. The van der Waals surface area contributed by atoms with Gasteiger partial charge in [0, 0.05) is 79.2 Å². The van der Waals surface area contributed by atoms with Crippen LogP contribution in [0.3, 0.4) is 0 Å². The third kappa shape index (κ3) is 13.1. The minimum absolute atomic E-state index is 0.0572. The smallest absolute Gasteiger partial charge is 0.416 e. The van der Waals surface area contributed by atoms with Gasteiger partial charge in [-0.3, -0.25) is 4.90 Å². The van der Waals surface area contributed by atoms with Crippen molar-refractivity contribution in [1.82, 2.24) is 19.9 Å². The number of anilines is 6. The Morgan fingerprint density at radius 3 is 1.85 bits per heavy atom. The predicted octanol–water partition coefficient (Wildman–Crippen LogP) is 11.6. The Morgan fingerprint density at radius 2 is 1.27 bits per heavy atom. The summed E-state index contributed by atoms with van der Waals surface area (Å²) >= 11 is 12.8. The van der Waals surface area contributed by atoms with Crippen molar-refractivity contribution in [2.45, 2.75) is 88.8 Å². The number of urea groups is 1. The molecule has 6 aliphatic rings. The number of benzene rings is 2. The van der Waals surface area contributed by atoms with E-state index >= 15 is 0 Å². The van der Waals surface area contributed by atoms with Crippen LogP contribution < -0.4 is 40.5 Å². The lowest BCUT2D eigenvalue weighted by Gasteiger charge is -2.36. The summed E-state index contributed by atoms with van der Waals surface area (Å²) in [6.45, 7) is 12.1. The van der Waals surface area contributed by atoms with Gasteiger partial charge in [-0.1, -0.05) is 47.5 Å². The highest BCUT2D eigenvalue weighted by molar-refractivity contribution is 6.34. The number of ether oxygens (including phenoxy) is 6. The van der Waals surface area contributed by atoms with Gasteiger partial charge in [0.2, 0.25) is 11.8 Å². The molecule has 0 aliphatic carbocycles. The first-order chi connectivity index (χ1) is 37.9. The summed E-state index contributed by atoms with van der Waals surface area (Å²) in [6, 6.07) is 19.7. The summed E-state index contributed by atoms with van der Waals surface area (Å²) in [7, 11) is 0. The summed E-state index contributed by atoms with van der Waals surface area (Å²) in [5.74, 6) is 0.649. The Kier molecular flexibility index (Phi) is 15.9. The zero-order valence-corrected chi connectivity index (χ0v) is 45.2. The molecule has 2 amide bonds. The van der Waals surface area contributed by atoms with Gasteiger partial charge in [-0.15, -0.1) is 0 Å². The number of nitrogens with zero attached hydrogens (tertiary/aromatic N) is 7. The van der Waals surface area contributed by atoms with Gasteiger partial charge in [0.25, 0.3) is 0 Å². The normalized spacial score (nSPS) is 21.1. The quantitative estimate of drug-likeness (QED) is 0.116. The van der Waals surface area contributed by atoms with E-state index in [4.69, 9.17) is 57.4 Å². The number of carbonyl (C=O) groups excluding carboxylic acids is 1. The van der Waals surface area contributed by atoms with Crippen molar-refractivity contribution >= 4 is 63.6 Å². The second-order valence-corrected chi connectivity index (χ2v) is 21.4. The molecule has 4 bridgehead atoms. The van der Waals surface area contributed by atoms with E-state index in [1.807, 2.05) is 27.7 Å². The molecule has 0 spiro atoms. The minimum Gasteiger partial charge on any atom is -0.475 e. The van der Waals surface area contributed by atoms with Crippen molar-refractivity contribution < 1.29 is 59.6 Å². The highest BCUT2D eigenvalue weighted by Crippen LogP contribution is 2.45. The molecule has 10 heterocycles. The topological polar surface area (TPSA) is 184 Å². The summed E-state index contributed by atoms with van der Waals surface area (Å²) in [4.78, 5) is 36.9. The molecule has 6 aliphatic heterocycles. The van der Waals surface area contributed by atoms with Crippen LogP contribution in [0.2, 0.25) is 10.0 Å². The van der Waals surface area contributed by atoms with Crippen LogP contribution in [0.25, 0.3) is 22.5 Å².